The number of aliphatic hydroxyl groups is 1. The Kier molecular flexibility index (Phi) is 6.02. The van der Waals surface area contributed by atoms with Crippen LogP contribution in [0.15, 0.2) is 16.3 Å². The largest absolute Gasteiger partial charge is 0.396 e. The van der Waals surface area contributed by atoms with Gasteiger partial charge in [0.1, 0.15) is 4.88 Å². The van der Waals surface area contributed by atoms with Crippen LogP contribution >= 0.6 is 23.1 Å². The van der Waals surface area contributed by atoms with E-state index >= 15 is 0 Å². The summed E-state index contributed by atoms with van der Waals surface area (Å²) in [5.41, 5.74) is 0. The van der Waals surface area contributed by atoms with Gasteiger partial charge in [0.25, 0.3) is 5.91 Å². The summed E-state index contributed by atoms with van der Waals surface area (Å²) in [4.78, 5) is 13.9. The summed E-state index contributed by atoms with van der Waals surface area (Å²) in [7, 11) is 0. The maximum atomic E-state index is 12.1. The fourth-order valence-corrected chi connectivity index (χ4v) is 3.22. The molecule has 1 aromatic heterocycles. The molecule has 0 aliphatic rings. The van der Waals surface area contributed by atoms with Crippen LogP contribution in [0, 0.1) is 5.92 Å². The number of hydrogen-bond acceptors (Lipinski definition) is 4. The SMILES string of the molecule is CSc1ccsc1C(=O)NC(CCO)C(C)C. The topological polar surface area (TPSA) is 49.3 Å². The number of thioether (sulfide) groups is 1. The summed E-state index contributed by atoms with van der Waals surface area (Å²) >= 11 is 3.04. The predicted octanol–water partition coefficient (Wildman–Crippen LogP) is 2.61. The van der Waals surface area contributed by atoms with Gasteiger partial charge in [-0.1, -0.05) is 13.8 Å². The van der Waals surface area contributed by atoms with Gasteiger partial charge in [-0.15, -0.1) is 23.1 Å². The average molecular weight is 273 g/mol. The molecule has 0 saturated carbocycles. The Morgan fingerprint density at radius 2 is 2.29 bits per heavy atom. The summed E-state index contributed by atoms with van der Waals surface area (Å²) in [6.45, 7) is 4.19. The van der Waals surface area contributed by atoms with Crippen LogP contribution in [0.3, 0.4) is 0 Å². The quantitative estimate of drug-likeness (QED) is 0.783. The fraction of sp³-hybridized carbons (Fsp3) is 0.583. The van der Waals surface area contributed by atoms with Crippen LogP contribution in [0.25, 0.3) is 0 Å². The second-order valence-corrected chi connectivity index (χ2v) is 5.92. The Morgan fingerprint density at radius 3 is 2.82 bits per heavy atom. The highest BCUT2D eigenvalue weighted by Crippen LogP contribution is 2.25. The van der Waals surface area contributed by atoms with Crippen molar-refractivity contribution in [1.29, 1.82) is 0 Å². The van der Waals surface area contributed by atoms with Gasteiger partial charge in [0, 0.05) is 17.5 Å². The van der Waals surface area contributed by atoms with E-state index in [0.717, 1.165) is 9.77 Å². The van der Waals surface area contributed by atoms with E-state index in [4.69, 9.17) is 5.11 Å². The van der Waals surface area contributed by atoms with Crippen LogP contribution in [-0.4, -0.2) is 29.9 Å². The molecular weight excluding hydrogens is 254 g/mol. The molecule has 17 heavy (non-hydrogen) atoms. The highest BCUT2D eigenvalue weighted by atomic mass is 32.2. The molecule has 0 radical (unpaired) electrons. The van der Waals surface area contributed by atoms with Gasteiger partial charge < -0.3 is 10.4 Å². The average Bonchev–Trinajstić information content (AvgIpc) is 2.76. The Balaban J connectivity index is 2.70. The fourth-order valence-electron chi connectivity index (χ4n) is 1.57. The molecule has 1 heterocycles. The number of carbonyl (C=O) groups is 1. The Bertz CT molecular complexity index is 363. The summed E-state index contributed by atoms with van der Waals surface area (Å²) in [5, 5.41) is 13.9. The lowest BCUT2D eigenvalue weighted by molar-refractivity contribution is 0.0918. The molecule has 1 aromatic rings. The van der Waals surface area contributed by atoms with Crippen molar-refractivity contribution in [3.8, 4) is 0 Å². The third-order valence-electron chi connectivity index (χ3n) is 2.62. The molecule has 0 spiro atoms. The van der Waals surface area contributed by atoms with Crippen LogP contribution in [0.5, 0.6) is 0 Å². The van der Waals surface area contributed by atoms with E-state index in [-0.39, 0.29) is 18.6 Å². The van der Waals surface area contributed by atoms with Gasteiger partial charge in [0.15, 0.2) is 0 Å². The van der Waals surface area contributed by atoms with Crippen molar-refractivity contribution < 1.29 is 9.90 Å². The Labute approximate surface area is 111 Å². The first-order valence-electron chi connectivity index (χ1n) is 5.63. The minimum Gasteiger partial charge on any atom is -0.396 e. The van der Waals surface area contributed by atoms with Crippen LogP contribution in [0.1, 0.15) is 29.9 Å². The predicted molar refractivity (Wildman–Crippen MR) is 73.9 cm³/mol. The molecule has 0 bridgehead atoms. The van der Waals surface area contributed by atoms with E-state index in [1.807, 2.05) is 31.5 Å². The van der Waals surface area contributed by atoms with Gasteiger partial charge in [-0.25, -0.2) is 0 Å². The highest BCUT2D eigenvalue weighted by molar-refractivity contribution is 7.98. The molecule has 1 unspecified atom stereocenters. The Hall–Kier alpha value is -0.520. The van der Waals surface area contributed by atoms with E-state index in [0.29, 0.717) is 12.3 Å². The van der Waals surface area contributed by atoms with Crippen molar-refractivity contribution in [2.75, 3.05) is 12.9 Å². The molecule has 0 saturated heterocycles. The van der Waals surface area contributed by atoms with E-state index < -0.39 is 0 Å². The molecule has 0 aliphatic heterocycles. The zero-order valence-electron chi connectivity index (χ0n) is 10.4. The molecule has 1 rings (SSSR count). The van der Waals surface area contributed by atoms with Crippen molar-refractivity contribution in [3.05, 3.63) is 16.3 Å². The highest BCUT2D eigenvalue weighted by Gasteiger charge is 2.19. The van der Waals surface area contributed by atoms with Gasteiger partial charge in [-0.2, -0.15) is 0 Å². The van der Waals surface area contributed by atoms with E-state index in [1.165, 1.54) is 11.3 Å². The summed E-state index contributed by atoms with van der Waals surface area (Å²) in [6.07, 6.45) is 2.57. The Morgan fingerprint density at radius 1 is 1.59 bits per heavy atom. The molecule has 2 N–H and O–H groups in total. The maximum Gasteiger partial charge on any atom is 0.262 e. The second-order valence-electron chi connectivity index (χ2n) is 4.15. The van der Waals surface area contributed by atoms with Gasteiger partial charge >= 0.3 is 0 Å². The van der Waals surface area contributed by atoms with Crippen LogP contribution in [-0.2, 0) is 0 Å². The monoisotopic (exact) mass is 273 g/mol. The van der Waals surface area contributed by atoms with E-state index in [2.05, 4.69) is 5.32 Å². The van der Waals surface area contributed by atoms with Crippen LogP contribution in [0.4, 0.5) is 0 Å². The molecule has 0 aliphatic carbocycles. The molecule has 1 atom stereocenters. The smallest absolute Gasteiger partial charge is 0.262 e. The molecule has 0 aromatic carbocycles. The van der Waals surface area contributed by atoms with Gasteiger partial charge in [-0.3, -0.25) is 4.79 Å². The third kappa shape index (κ3) is 4.01. The lowest BCUT2D eigenvalue weighted by Crippen LogP contribution is -2.39. The van der Waals surface area contributed by atoms with Crippen LogP contribution < -0.4 is 5.32 Å². The maximum absolute atomic E-state index is 12.1. The number of carbonyl (C=O) groups excluding carboxylic acids is 1. The summed E-state index contributed by atoms with van der Waals surface area (Å²) < 4.78 is 0. The molecule has 1 amide bonds. The molecular formula is C12H19NO2S2. The molecule has 3 nitrogen and oxygen atoms in total. The van der Waals surface area contributed by atoms with E-state index in [9.17, 15) is 4.79 Å². The summed E-state index contributed by atoms with van der Waals surface area (Å²) in [6, 6.07) is 1.99. The normalized spacial score (nSPS) is 12.8. The number of nitrogens with one attached hydrogen (secondary N) is 1. The van der Waals surface area contributed by atoms with Crippen molar-refractivity contribution in [2.45, 2.75) is 31.2 Å². The first-order valence-corrected chi connectivity index (χ1v) is 7.73. The number of aliphatic hydroxyl groups excluding tert-OH is 1. The number of rotatable bonds is 6. The zero-order valence-corrected chi connectivity index (χ0v) is 12.0. The number of thiophene rings is 1. The van der Waals surface area contributed by atoms with E-state index in [1.54, 1.807) is 11.8 Å². The first-order chi connectivity index (χ1) is 8.10. The van der Waals surface area contributed by atoms with Crippen LogP contribution in [0.2, 0.25) is 0 Å². The van der Waals surface area contributed by atoms with Crippen molar-refractivity contribution >= 4 is 29.0 Å². The summed E-state index contributed by atoms with van der Waals surface area (Å²) in [5.74, 6) is 0.292. The van der Waals surface area contributed by atoms with Gasteiger partial charge in [-0.05, 0) is 30.0 Å². The standard InChI is InChI=1S/C12H19NO2S2/c1-8(2)9(4-6-14)13-12(15)11-10(16-3)5-7-17-11/h5,7-9,14H,4,6H2,1-3H3,(H,13,15). The molecule has 96 valence electrons. The minimum absolute atomic E-state index is 0.0310. The molecule has 0 fully saturated rings. The van der Waals surface area contributed by atoms with Crippen molar-refractivity contribution in [3.63, 3.8) is 0 Å². The number of hydrogen-bond donors (Lipinski definition) is 2. The molecule has 5 heteroatoms. The lowest BCUT2D eigenvalue weighted by atomic mass is 10.0. The number of amides is 1. The van der Waals surface area contributed by atoms with Gasteiger partial charge in [0.05, 0.1) is 0 Å². The van der Waals surface area contributed by atoms with Gasteiger partial charge in [0.2, 0.25) is 0 Å². The van der Waals surface area contributed by atoms with Crippen molar-refractivity contribution in [2.24, 2.45) is 5.92 Å². The third-order valence-corrected chi connectivity index (χ3v) is 4.44. The first kappa shape index (κ1) is 14.5. The lowest BCUT2D eigenvalue weighted by Gasteiger charge is -2.21. The minimum atomic E-state index is -0.0310. The zero-order chi connectivity index (χ0) is 12.8. The van der Waals surface area contributed by atoms with Crippen molar-refractivity contribution in [1.82, 2.24) is 5.32 Å². The second kappa shape index (κ2) is 7.03.